The van der Waals surface area contributed by atoms with E-state index in [2.05, 4.69) is 15.3 Å². The lowest BCUT2D eigenvalue weighted by Crippen LogP contribution is -2.58. The fourth-order valence-electron chi connectivity index (χ4n) is 4.77. The number of nitrogens with one attached hydrogen (secondary N) is 2. The molecular weight excluding hydrogens is 473 g/mol. The molecule has 0 bridgehead atoms. The largest absolute Gasteiger partial charge is 0.457 e. The highest BCUT2D eigenvalue weighted by atomic mass is 19.4. The minimum atomic E-state index is -4.73. The highest BCUT2D eigenvalue weighted by molar-refractivity contribution is 6.01. The Morgan fingerprint density at radius 3 is 2.17 bits per heavy atom. The quantitative estimate of drug-likeness (QED) is 0.529. The van der Waals surface area contributed by atoms with Crippen LogP contribution in [0.2, 0.25) is 0 Å². The zero-order chi connectivity index (χ0) is 25.6. The van der Waals surface area contributed by atoms with Crippen LogP contribution in [0.5, 0.6) is 11.5 Å². The van der Waals surface area contributed by atoms with Crippen LogP contribution in [0.15, 0.2) is 54.9 Å². The molecule has 10 heteroatoms. The Hall–Kier alpha value is -3.95. The first-order valence-electron chi connectivity index (χ1n) is 11.4. The van der Waals surface area contributed by atoms with Gasteiger partial charge in [-0.05, 0) is 49.6 Å². The maximum Gasteiger partial charge on any atom is 0.409 e. The SMILES string of the molecule is Cc1ccc2c(c1)Oc1cc(C)ccc1C2NC(=O)C1CC(c2ncccn2)C(C(F)(F)F)NC1=O. The molecule has 2 aliphatic heterocycles. The summed E-state index contributed by atoms with van der Waals surface area (Å²) in [5.41, 5.74) is 3.31. The fraction of sp³-hybridized carbons (Fsp3) is 0.308. The van der Waals surface area contributed by atoms with Gasteiger partial charge in [0.15, 0.2) is 0 Å². The number of amides is 2. The van der Waals surface area contributed by atoms with Crippen LogP contribution in [0, 0.1) is 19.8 Å². The number of alkyl halides is 3. The number of halogens is 3. The van der Waals surface area contributed by atoms with Crippen LogP contribution in [0.4, 0.5) is 13.2 Å². The highest BCUT2D eigenvalue weighted by Gasteiger charge is 2.53. The Labute approximate surface area is 205 Å². The van der Waals surface area contributed by atoms with E-state index >= 15 is 0 Å². The number of rotatable bonds is 3. The Morgan fingerprint density at radius 1 is 1.03 bits per heavy atom. The number of ether oxygens (including phenoxy) is 1. The second-order valence-corrected chi connectivity index (χ2v) is 9.16. The number of hydrogen-bond donors (Lipinski definition) is 2. The van der Waals surface area contributed by atoms with Crippen LogP contribution in [-0.4, -0.2) is 34.0 Å². The van der Waals surface area contributed by atoms with Gasteiger partial charge in [0.1, 0.15) is 29.3 Å². The van der Waals surface area contributed by atoms with E-state index in [-0.39, 0.29) is 12.2 Å². The number of hydrogen-bond acceptors (Lipinski definition) is 5. The lowest BCUT2D eigenvalue weighted by molar-refractivity contribution is -0.175. The van der Waals surface area contributed by atoms with Crippen LogP contribution in [0.1, 0.15) is 46.5 Å². The van der Waals surface area contributed by atoms with Crippen LogP contribution in [0.3, 0.4) is 0 Å². The number of aryl methyl sites for hydroxylation is 2. The summed E-state index contributed by atoms with van der Waals surface area (Å²) in [6, 6.07) is 9.78. The predicted octanol–water partition coefficient (Wildman–Crippen LogP) is 4.26. The van der Waals surface area contributed by atoms with Crippen molar-refractivity contribution >= 4 is 11.8 Å². The van der Waals surface area contributed by atoms with E-state index in [4.69, 9.17) is 4.74 Å². The number of piperidine rings is 1. The number of aromatic nitrogens is 2. The Balaban J connectivity index is 1.47. The predicted molar refractivity (Wildman–Crippen MR) is 123 cm³/mol. The third-order valence-electron chi connectivity index (χ3n) is 6.56. The van der Waals surface area contributed by atoms with Gasteiger partial charge in [0.2, 0.25) is 11.8 Å². The molecule has 1 aromatic heterocycles. The first-order valence-corrected chi connectivity index (χ1v) is 11.4. The molecule has 2 aromatic carbocycles. The summed E-state index contributed by atoms with van der Waals surface area (Å²) < 4.78 is 47.4. The van der Waals surface area contributed by atoms with Crippen molar-refractivity contribution < 1.29 is 27.5 Å². The van der Waals surface area contributed by atoms with E-state index < -0.39 is 41.9 Å². The van der Waals surface area contributed by atoms with Gasteiger partial charge >= 0.3 is 6.18 Å². The summed E-state index contributed by atoms with van der Waals surface area (Å²) in [5, 5.41) is 4.89. The molecule has 0 radical (unpaired) electrons. The number of nitrogens with zero attached hydrogens (tertiary/aromatic N) is 2. The normalized spacial score (nSPS) is 21.6. The molecule has 0 saturated carbocycles. The second kappa shape index (κ2) is 8.92. The maximum absolute atomic E-state index is 13.8. The molecule has 1 fully saturated rings. The first-order chi connectivity index (χ1) is 17.1. The van der Waals surface area contributed by atoms with Crippen molar-refractivity contribution in [2.24, 2.45) is 5.92 Å². The molecule has 3 aromatic rings. The second-order valence-electron chi connectivity index (χ2n) is 9.16. The van der Waals surface area contributed by atoms with Crippen molar-refractivity contribution in [1.29, 1.82) is 0 Å². The van der Waals surface area contributed by atoms with E-state index in [1.807, 2.05) is 55.6 Å². The summed E-state index contributed by atoms with van der Waals surface area (Å²) in [7, 11) is 0. The van der Waals surface area contributed by atoms with E-state index in [0.717, 1.165) is 11.1 Å². The average Bonchev–Trinajstić information content (AvgIpc) is 2.83. The summed E-state index contributed by atoms with van der Waals surface area (Å²) >= 11 is 0. The molecule has 3 unspecified atom stereocenters. The molecule has 36 heavy (non-hydrogen) atoms. The minimum Gasteiger partial charge on any atom is -0.457 e. The standard InChI is InChI=1S/C26H23F3N4O3/c1-13-4-6-15-19(10-13)36-20-11-14(2)5-7-16(20)21(15)32-24(34)18-12-17(23-30-8-3-9-31-23)22(26(27,28)29)33-25(18)35/h3-11,17-18,21-22H,12H2,1-2H3,(H,32,34)(H,33,35). The number of fused-ring (bicyclic) bond motifs is 2. The lowest BCUT2D eigenvalue weighted by Gasteiger charge is -2.37. The molecule has 3 heterocycles. The van der Waals surface area contributed by atoms with Gasteiger partial charge in [0, 0.05) is 29.4 Å². The van der Waals surface area contributed by atoms with Gasteiger partial charge in [0.05, 0.1) is 6.04 Å². The summed E-state index contributed by atoms with van der Waals surface area (Å²) in [6.45, 7) is 3.83. The van der Waals surface area contributed by atoms with E-state index in [1.165, 1.54) is 18.5 Å². The van der Waals surface area contributed by atoms with Crippen molar-refractivity contribution in [3.8, 4) is 11.5 Å². The molecule has 2 N–H and O–H groups in total. The van der Waals surface area contributed by atoms with Gasteiger partial charge in [0.25, 0.3) is 0 Å². The Kier molecular flexibility index (Phi) is 5.89. The third kappa shape index (κ3) is 4.38. The molecular formula is C26H23F3N4O3. The van der Waals surface area contributed by atoms with Gasteiger partial charge in [-0.25, -0.2) is 9.97 Å². The monoisotopic (exact) mass is 496 g/mol. The van der Waals surface area contributed by atoms with Gasteiger partial charge in [-0.3, -0.25) is 9.59 Å². The van der Waals surface area contributed by atoms with Gasteiger partial charge in [-0.1, -0.05) is 24.3 Å². The number of benzene rings is 2. The molecule has 0 aliphatic carbocycles. The lowest BCUT2D eigenvalue weighted by atomic mass is 9.82. The Bertz CT molecular complexity index is 1280. The van der Waals surface area contributed by atoms with Crippen molar-refractivity contribution in [2.45, 2.75) is 44.4 Å². The number of carbonyl (C=O) groups excluding carboxylic acids is 2. The maximum atomic E-state index is 13.8. The molecule has 7 nitrogen and oxygen atoms in total. The van der Waals surface area contributed by atoms with Gasteiger partial charge in [-0.15, -0.1) is 0 Å². The molecule has 2 aliphatic rings. The van der Waals surface area contributed by atoms with Crippen LogP contribution < -0.4 is 15.4 Å². The van der Waals surface area contributed by atoms with Crippen molar-refractivity contribution in [2.75, 3.05) is 0 Å². The molecule has 5 rings (SSSR count). The molecule has 2 amide bonds. The van der Waals surface area contributed by atoms with Crippen LogP contribution in [-0.2, 0) is 9.59 Å². The Morgan fingerprint density at radius 2 is 1.61 bits per heavy atom. The van der Waals surface area contributed by atoms with Crippen LogP contribution in [0.25, 0.3) is 0 Å². The van der Waals surface area contributed by atoms with Gasteiger partial charge in [-0.2, -0.15) is 13.2 Å². The summed E-state index contributed by atoms with van der Waals surface area (Å²) in [4.78, 5) is 34.1. The van der Waals surface area contributed by atoms with Crippen LogP contribution >= 0.6 is 0 Å². The zero-order valence-electron chi connectivity index (χ0n) is 19.5. The topological polar surface area (TPSA) is 93.2 Å². The van der Waals surface area contributed by atoms with E-state index in [9.17, 15) is 22.8 Å². The molecule has 3 atom stereocenters. The first kappa shape index (κ1) is 23.8. The minimum absolute atomic E-state index is 0.0784. The van der Waals surface area contributed by atoms with E-state index in [0.29, 0.717) is 22.6 Å². The highest BCUT2D eigenvalue weighted by Crippen LogP contribution is 2.44. The van der Waals surface area contributed by atoms with Gasteiger partial charge < -0.3 is 15.4 Å². The smallest absolute Gasteiger partial charge is 0.409 e. The summed E-state index contributed by atoms with van der Waals surface area (Å²) in [5.74, 6) is -3.27. The molecule has 0 spiro atoms. The average molecular weight is 496 g/mol. The zero-order valence-corrected chi connectivity index (χ0v) is 19.5. The molecule has 1 saturated heterocycles. The van der Waals surface area contributed by atoms with Crippen molar-refractivity contribution in [3.63, 3.8) is 0 Å². The van der Waals surface area contributed by atoms with Crippen molar-refractivity contribution in [3.05, 3.63) is 82.9 Å². The van der Waals surface area contributed by atoms with Crippen molar-refractivity contribution in [1.82, 2.24) is 20.6 Å². The van der Waals surface area contributed by atoms with E-state index in [1.54, 1.807) is 0 Å². The molecule has 186 valence electrons. The summed E-state index contributed by atoms with van der Waals surface area (Å²) in [6.07, 6.45) is -2.44. The number of carbonyl (C=O) groups is 2. The third-order valence-corrected chi connectivity index (χ3v) is 6.56. The fourth-order valence-corrected chi connectivity index (χ4v) is 4.77.